The number of halogens is 3. The standard InChI is InChI=1S/C10H6BrF2N3S/c1-5-4-14-15-9-7(11)2-6(12)3-8(9)16(17-13)10(5)15/h2-4H,1H3. The average molecular weight is 318 g/mol. The van der Waals surface area contributed by atoms with Crippen molar-refractivity contribution in [1.29, 1.82) is 0 Å². The van der Waals surface area contributed by atoms with Gasteiger partial charge < -0.3 is 0 Å². The van der Waals surface area contributed by atoms with Crippen LogP contribution in [-0.4, -0.2) is 13.6 Å². The Labute approximate surface area is 108 Å². The highest BCUT2D eigenvalue weighted by Gasteiger charge is 2.18. The van der Waals surface area contributed by atoms with Gasteiger partial charge in [-0.05, 0) is 28.9 Å². The summed E-state index contributed by atoms with van der Waals surface area (Å²) in [5, 5.41) is 4.17. The number of fused-ring (bicyclic) bond motifs is 3. The summed E-state index contributed by atoms with van der Waals surface area (Å²) in [4.78, 5) is 0. The van der Waals surface area contributed by atoms with Gasteiger partial charge in [0.1, 0.15) is 11.3 Å². The monoisotopic (exact) mass is 317 g/mol. The SMILES string of the molecule is Cc1cnn2c3c(Br)cc(F)cc3n(SF)c12. The quantitative estimate of drug-likeness (QED) is 0.679. The second-order valence-corrected chi connectivity index (χ2v) is 5.04. The van der Waals surface area contributed by atoms with E-state index in [0.717, 1.165) is 5.56 Å². The Morgan fingerprint density at radius 1 is 1.41 bits per heavy atom. The van der Waals surface area contributed by atoms with Crippen LogP contribution in [-0.2, 0) is 0 Å². The summed E-state index contributed by atoms with van der Waals surface area (Å²) in [7, 11) is 0. The van der Waals surface area contributed by atoms with Crippen molar-refractivity contribution >= 4 is 44.9 Å². The highest BCUT2D eigenvalue weighted by Crippen LogP contribution is 2.32. The zero-order chi connectivity index (χ0) is 12.2. The molecular formula is C10H6BrF2N3S. The smallest absolute Gasteiger partial charge is 0.171 e. The van der Waals surface area contributed by atoms with Crippen molar-refractivity contribution in [3.05, 3.63) is 34.2 Å². The third-order valence-corrected chi connectivity index (χ3v) is 3.73. The molecule has 0 aliphatic rings. The number of rotatable bonds is 1. The molecular weight excluding hydrogens is 312 g/mol. The van der Waals surface area contributed by atoms with E-state index in [2.05, 4.69) is 21.0 Å². The van der Waals surface area contributed by atoms with Gasteiger partial charge in [-0.15, -0.1) is 3.89 Å². The van der Waals surface area contributed by atoms with Crippen LogP contribution in [0.1, 0.15) is 5.56 Å². The van der Waals surface area contributed by atoms with E-state index in [-0.39, 0.29) is 12.3 Å². The first kappa shape index (κ1) is 11.0. The third-order valence-electron chi connectivity index (χ3n) is 2.62. The van der Waals surface area contributed by atoms with Gasteiger partial charge in [-0.1, -0.05) is 0 Å². The van der Waals surface area contributed by atoms with Crippen molar-refractivity contribution in [2.75, 3.05) is 0 Å². The fourth-order valence-corrected chi connectivity index (χ4v) is 3.02. The van der Waals surface area contributed by atoms with Crippen molar-refractivity contribution < 1.29 is 8.28 Å². The van der Waals surface area contributed by atoms with Crippen LogP contribution in [0, 0.1) is 12.7 Å². The lowest BCUT2D eigenvalue weighted by atomic mass is 10.3. The van der Waals surface area contributed by atoms with E-state index in [4.69, 9.17) is 0 Å². The van der Waals surface area contributed by atoms with E-state index in [1.165, 1.54) is 16.1 Å². The molecule has 0 unspecified atom stereocenters. The highest BCUT2D eigenvalue weighted by molar-refractivity contribution is 9.10. The fraction of sp³-hybridized carbons (Fsp3) is 0.100. The normalized spacial score (nSPS) is 11.8. The predicted molar refractivity (Wildman–Crippen MR) is 67.2 cm³/mol. The topological polar surface area (TPSA) is 22.2 Å². The second kappa shape index (κ2) is 3.71. The van der Waals surface area contributed by atoms with Gasteiger partial charge in [-0.2, -0.15) is 5.10 Å². The van der Waals surface area contributed by atoms with Crippen LogP contribution in [0.15, 0.2) is 22.8 Å². The Bertz CT molecular complexity index is 734. The molecule has 0 aliphatic carbocycles. The third kappa shape index (κ3) is 1.42. The van der Waals surface area contributed by atoms with Crippen molar-refractivity contribution in [1.82, 2.24) is 13.6 Å². The van der Waals surface area contributed by atoms with Crippen LogP contribution in [0.5, 0.6) is 0 Å². The lowest BCUT2D eigenvalue weighted by Gasteiger charge is -1.98. The minimum atomic E-state index is -0.418. The number of hydrogen-bond donors (Lipinski definition) is 0. The van der Waals surface area contributed by atoms with Crippen LogP contribution in [0.25, 0.3) is 16.7 Å². The van der Waals surface area contributed by atoms with Gasteiger partial charge in [-0.25, -0.2) is 12.9 Å². The first-order valence-electron chi connectivity index (χ1n) is 4.76. The fourth-order valence-electron chi connectivity index (χ4n) is 1.93. The molecule has 7 heteroatoms. The molecule has 0 fully saturated rings. The molecule has 1 aromatic carbocycles. The molecule has 0 amide bonds. The second-order valence-electron chi connectivity index (χ2n) is 3.68. The zero-order valence-corrected chi connectivity index (χ0v) is 11.0. The molecule has 0 aliphatic heterocycles. The zero-order valence-electron chi connectivity index (χ0n) is 8.62. The van der Waals surface area contributed by atoms with Crippen molar-refractivity contribution in [2.24, 2.45) is 0 Å². The molecule has 3 aromatic rings. The Morgan fingerprint density at radius 3 is 2.88 bits per heavy atom. The molecule has 2 aromatic heterocycles. The van der Waals surface area contributed by atoms with Crippen LogP contribution in [0.2, 0.25) is 0 Å². The Kier molecular flexibility index (Phi) is 2.41. The summed E-state index contributed by atoms with van der Waals surface area (Å²) in [6, 6.07) is 2.63. The summed E-state index contributed by atoms with van der Waals surface area (Å²) in [5.74, 6) is -0.418. The van der Waals surface area contributed by atoms with Crippen LogP contribution in [0.4, 0.5) is 8.28 Å². The van der Waals surface area contributed by atoms with Crippen molar-refractivity contribution in [2.45, 2.75) is 6.92 Å². The first-order chi connectivity index (χ1) is 8.13. The lowest BCUT2D eigenvalue weighted by Crippen LogP contribution is -1.85. The van der Waals surface area contributed by atoms with Gasteiger partial charge >= 0.3 is 0 Å². The summed E-state index contributed by atoms with van der Waals surface area (Å²) in [5.41, 5.74) is 2.55. The number of hydrogen-bond acceptors (Lipinski definition) is 2. The van der Waals surface area contributed by atoms with Gasteiger partial charge in [-0.3, -0.25) is 0 Å². The summed E-state index contributed by atoms with van der Waals surface area (Å²) in [6.45, 7) is 1.83. The Morgan fingerprint density at radius 2 is 2.18 bits per heavy atom. The minimum absolute atomic E-state index is 0.0390. The summed E-state index contributed by atoms with van der Waals surface area (Å²) >= 11 is 3.31. The molecule has 0 spiro atoms. The van der Waals surface area contributed by atoms with Crippen LogP contribution >= 0.6 is 28.3 Å². The molecule has 0 N–H and O–H groups in total. The average Bonchev–Trinajstić information content (AvgIpc) is 2.77. The largest absolute Gasteiger partial charge is 0.238 e. The van der Waals surface area contributed by atoms with Gasteiger partial charge in [0.05, 0.1) is 11.7 Å². The van der Waals surface area contributed by atoms with E-state index in [1.54, 1.807) is 10.7 Å². The minimum Gasteiger partial charge on any atom is -0.238 e. The van der Waals surface area contributed by atoms with Gasteiger partial charge in [0.2, 0.25) is 0 Å². The molecule has 0 bridgehead atoms. The van der Waals surface area contributed by atoms with E-state index in [1.807, 2.05) is 6.92 Å². The summed E-state index contributed by atoms with van der Waals surface area (Å²) < 4.78 is 29.9. The van der Waals surface area contributed by atoms with Gasteiger partial charge in [0, 0.05) is 16.1 Å². The molecule has 3 nitrogen and oxygen atoms in total. The molecule has 0 atom stereocenters. The first-order valence-corrected chi connectivity index (χ1v) is 6.23. The molecule has 2 heterocycles. The van der Waals surface area contributed by atoms with Gasteiger partial charge in [0.25, 0.3) is 0 Å². The molecule has 0 saturated carbocycles. The number of imidazole rings is 1. The highest BCUT2D eigenvalue weighted by atomic mass is 79.9. The van der Waals surface area contributed by atoms with E-state index < -0.39 is 5.82 Å². The maximum absolute atomic E-state index is 13.3. The van der Waals surface area contributed by atoms with E-state index in [0.29, 0.717) is 21.2 Å². The number of aryl methyl sites for hydroxylation is 1. The molecule has 88 valence electrons. The lowest BCUT2D eigenvalue weighted by molar-refractivity contribution is 0.628. The molecule has 0 saturated heterocycles. The molecule has 3 rings (SSSR count). The van der Waals surface area contributed by atoms with E-state index in [9.17, 15) is 8.28 Å². The number of nitrogens with zero attached hydrogens (tertiary/aromatic N) is 3. The number of aromatic nitrogens is 3. The van der Waals surface area contributed by atoms with Crippen LogP contribution in [0.3, 0.4) is 0 Å². The molecule has 0 radical (unpaired) electrons. The Hall–Kier alpha value is -1.08. The predicted octanol–water partition coefficient (Wildman–Crippen LogP) is 3.88. The molecule has 17 heavy (non-hydrogen) atoms. The Balaban J connectivity index is 2.63. The summed E-state index contributed by atoms with van der Waals surface area (Å²) in [6.07, 6.45) is 1.65. The van der Waals surface area contributed by atoms with Gasteiger partial charge in [0.15, 0.2) is 18.0 Å². The maximum atomic E-state index is 13.3. The number of benzene rings is 1. The van der Waals surface area contributed by atoms with E-state index >= 15 is 0 Å². The maximum Gasteiger partial charge on any atom is 0.171 e. The van der Waals surface area contributed by atoms with Crippen molar-refractivity contribution in [3.63, 3.8) is 0 Å². The van der Waals surface area contributed by atoms with Crippen LogP contribution < -0.4 is 0 Å². The van der Waals surface area contributed by atoms with Crippen molar-refractivity contribution in [3.8, 4) is 0 Å².